The fourth-order valence-electron chi connectivity index (χ4n) is 2.62. The summed E-state index contributed by atoms with van der Waals surface area (Å²) in [7, 11) is -1.60. The van der Waals surface area contributed by atoms with Crippen LogP contribution in [0.25, 0.3) is 0 Å². The summed E-state index contributed by atoms with van der Waals surface area (Å²) in [5.41, 5.74) is 0. The molecule has 0 heterocycles. The van der Waals surface area contributed by atoms with Crippen LogP contribution < -0.4 is 10.6 Å². The second-order valence-corrected chi connectivity index (χ2v) is 8.81. The van der Waals surface area contributed by atoms with Crippen LogP contribution in [0.5, 0.6) is 0 Å². The quantitative estimate of drug-likeness (QED) is 0.183. The Bertz CT molecular complexity index is 650. The summed E-state index contributed by atoms with van der Waals surface area (Å²) in [5, 5.41) is 4.92. The minimum Gasteiger partial charge on any atom is -0.460 e. The molecular formula is C22H38N3O7P. The SMILES string of the molecule is C=CCOC(=O)CNC(=O)[C@@H](NC(=O)OCC=C)[C@@H](C)OP(OCC=C)N(C(C)C)C(C)C. The van der Waals surface area contributed by atoms with Gasteiger partial charge in [0.2, 0.25) is 5.91 Å². The van der Waals surface area contributed by atoms with Crippen molar-refractivity contribution in [2.75, 3.05) is 26.4 Å². The van der Waals surface area contributed by atoms with Crippen LogP contribution in [-0.4, -0.2) is 73.2 Å². The van der Waals surface area contributed by atoms with Gasteiger partial charge in [-0.25, -0.2) is 9.46 Å². The fraction of sp³-hybridized carbons (Fsp3) is 0.591. The van der Waals surface area contributed by atoms with E-state index in [9.17, 15) is 14.4 Å². The van der Waals surface area contributed by atoms with Crippen LogP contribution in [0.15, 0.2) is 38.0 Å². The molecule has 10 nitrogen and oxygen atoms in total. The Balaban J connectivity index is 5.56. The molecule has 2 amide bonds. The number of esters is 1. The molecule has 0 aromatic carbocycles. The van der Waals surface area contributed by atoms with Gasteiger partial charge < -0.3 is 29.2 Å². The predicted molar refractivity (Wildman–Crippen MR) is 128 cm³/mol. The van der Waals surface area contributed by atoms with Gasteiger partial charge in [-0.15, -0.1) is 6.58 Å². The molecule has 3 atom stereocenters. The van der Waals surface area contributed by atoms with Crippen molar-refractivity contribution in [3.8, 4) is 0 Å². The summed E-state index contributed by atoms with van der Waals surface area (Å²) in [6, 6.07) is -0.996. The molecule has 0 saturated carbocycles. The molecular weight excluding hydrogens is 449 g/mol. The van der Waals surface area contributed by atoms with Gasteiger partial charge in [0.05, 0.1) is 12.7 Å². The lowest BCUT2D eigenvalue weighted by Crippen LogP contribution is -2.54. The summed E-state index contributed by atoms with van der Waals surface area (Å²) in [4.78, 5) is 36.7. The van der Waals surface area contributed by atoms with Gasteiger partial charge in [0.1, 0.15) is 25.8 Å². The third-order valence-corrected chi connectivity index (χ3v) is 6.12. The summed E-state index contributed by atoms with van der Waals surface area (Å²) < 4.78 is 23.8. The average Bonchev–Trinajstić information content (AvgIpc) is 2.75. The molecule has 33 heavy (non-hydrogen) atoms. The summed E-state index contributed by atoms with van der Waals surface area (Å²) in [6.07, 6.45) is 2.75. The summed E-state index contributed by atoms with van der Waals surface area (Å²) in [6.45, 7) is 20.1. The van der Waals surface area contributed by atoms with Crippen LogP contribution in [-0.2, 0) is 28.1 Å². The van der Waals surface area contributed by atoms with E-state index in [1.807, 2.05) is 32.4 Å². The fourth-order valence-corrected chi connectivity index (χ4v) is 4.31. The van der Waals surface area contributed by atoms with E-state index in [1.165, 1.54) is 12.2 Å². The number of rotatable bonds is 17. The highest BCUT2D eigenvalue weighted by Gasteiger charge is 2.35. The molecule has 0 spiro atoms. The number of carbonyl (C=O) groups excluding carboxylic acids is 3. The van der Waals surface area contributed by atoms with Crippen LogP contribution in [0.1, 0.15) is 34.6 Å². The van der Waals surface area contributed by atoms with Gasteiger partial charge >= 0.3 is 12.1 Å². The zero-order valence-corrected chi connectivity index (χ0v) is 21.1. The lowest BCUT2D eigenvalue weighted by molar-refractivity contribution is -0.143. The van der Waals surface area contributed by atoms with Crippen molar-refractivity contribution in [2.24, 2.45) is 0 Å². The predicted octanol–water partition coefficient (Wildman–Crippen LogP) is 3.07. The highest BCUT2D eigenvalue weighted by molar-refractivity contribution is 7.44. The van der Waals surface area contributed by atoms with Crippen molar-refractivity contribution in [1.82, 2.24) is 15.3 Å². The van der Waals surface area contributed by atoms with E-state index in [1.54, 1.807) is 13.0 Å². The number of hydrogen-bond donors (Lipinski definition) is 2. The highest BCUT2D eigenvalue weighted by atomic mass is 31.2. The Hall–Kier alpha value is -2.26. The van der Waals surface area contributed by atoms with Crippen LogP contribution >= 0.6 is 8.53 Å². The molecule has 0 aliphatic heterocycles. The molecule has 11 heteroatoms. The third-order valence-electron chi connectivity index (χ3n) is 3.93. The number of amides is 2. The monoisotopic (exact) mass is 487 g/mol. The first kappa shape index (κ1) is 30.7. The first-order chi connectivity index (χ1) is 15.6. The number of nitrogens with one attached hydrogen (secondary N) is 2. The molecule has 1 unspecified atom stereocenters. The maximum absolute atomic E-state index is 12.8. The molecule has 0 aliphatic carbocycles. The standard InChI is InChI=1S/C22H38N3O7P/c1-9-12-29-19(26)15-23-21(27)20(24-22(28)30-13-10-2)18(8)32-33(31-14-11-3)25(16(4)5)17(6)7/h9-11,16-18,20H,1-3,12-15H2,4-8H3,(H,23,27)(H,24,28)/t18-,20+,33?/m1/s1. The molecule has 0 aromatic heterocycles. The van der Waals surface area contributed by atoms with E-state index in [4.69, 9.17) is 18.5 Å². The smallest absolute Gasteiger partial charge is 0.408 e. The Kier molecular flexibility index (Phi) is 16.1. The van der Waals surface area contributed by atoms with Gasteiger partial charge in [0, 0.05) is 12.1 Å². The minimum absolute atomic E-state index is 0.0228. The van der Waals surface area contributed by atoms with Gasteiger partial charge in [-0.3, -0.25) is 9.59 Å². The van der Waals surface area contributed by atoms with Crippen LogP contribution in [0, 0.1) is 0 Å². The van der Waals surface area contributed by atoms with Crippen molar-refractivity contribution >= 4 is 26.5 Å². The second kappa shape index (κ2) is 17.2. The van der Waals surface area contributed by atoms with Crippen molar-refractivity contribution in [1.29, 1.82) is 0 Å². The molecule has 0 aromatic rings. The normalized spacial score (nSPS) is 13.7. The van der Waals surface area contributed by atoms with Crippen LogP contribution in [0.3, 0.4) is 0 Å². The molecule has 0 fully saturated rings. The zero-order valence-electron chi connectivity index (χ0n) is 20.2. The molecule has 0 rings (SSSR count). The van der Waals surface area contributed by atoms with Crippen molar-refractivity contribution in [3.05, 3.63) is 38.0 Å². The molecule has 0 saturated heterocycles. The number of hydrogen-bond acceptors (Lipinski definition) is 8. The van der Waals surface area contributed by atoms with Crippen molar-refractivity contribution in [2.45, 2.75) is 58.8 Å². The van der Waals surface area contributed by atoms with Gasteiger partial charge in [0.25, 0.3) is 8.53 Å². The second-order valence-electron chi connectivity index (χ2n) is 7.40. The zero-order chi connectivity index (χ0) is 25.4. The molecule has 2 N–H and O–H groups in total. The lowest BCUT2D eigenvalue weighted by atomic mass is 10.1. The van der Waals surface area contributed by atoms with Crippen molar-refractivity contribution < 1.29 is 32.9 Å². The molecule has 0 bridgehead atoms. The minimum atomic E-state index is -1.60. The first-order valence-electron chi connectivity index (χ1n) is 10.7. The molecule has 0 aliphatic rings. The largest absolute Gasteiger partial charge is 0.460 e. The first-order valence-corrected chi connectivity index (χ1v) is 11.8. The average molecular weight is 488 g/mol. The van der Waals surface area contributed by atoms with E-state index in [2.05, 4.69) is 30.4 Å². The van der Waals surface area contributed by atoms with Gasteiger partial charge in [-0.1, -0.05) is 31.4 Å². The van der Waals surface area contributed by atoms with Crippen LogP contribution in [0.4, 0.5) is 4.79 Å². The molecule has 188 valence electrons. The van der Waals surface area contributed by atoms with Crippen molar-refractivity contribution in [3.63, 3.8) is 0 Å². The summed E-state index contributed by atoms with van der Waals surface area (Å²) in [5.74, 6) is -1.29. The van der Waals surface area contributed by atoms with E-state index in [0.29, 0.717) is 0 Å². The maximum atomic E-state index is 12.8. The number of nitrogens with zero attached hydrogens (tertiary/aromatic N) is 1. The Morgan fingerprint density at radius 3 is 1.97 bits per heavy atom. The number of ether oxygens (including phenoxy) is 2. The Morgan fingerprint density at radius 2 is 1.45 bits per heavy atom. The molecule has 0 radical (unpaired) electrons. The summed E-state index contributed by atoms with van der Waals surface area (Å²) >= 11 is 0. The highest BCUT2D eigenvalue weighted by Crippen LogP contribution is 2.47. The van der Waals surface area contributed by atoms with Gasteiger partial charge in [0.15, 0.2) is 0 Å². The Labute approximate surface area is 198 Å². The van der Waals surface area contributed by atoms with Crippen LogP contribution in [0.2, 0.25) is 0 Å². The Morgan fingerprint density at radius 1 is 0.909 bits per heavy atom. The van der Waals surface area contributed by atoms with Gasteiger partial charge in [-0.2, -0.15) is 0 Å². The maximum Gasteiger partial charge on any atom is 0.408 e. The number of carbonyl (C=O) groups is 3. The number of alkyl carbamates (subject to hydrolysis) is 1. The van der Waals surface area contributed by atoms with E-state index in [-0.39, 0.29) is 38.4 Å². The topological polar surface area (TPSA) is 115 Å². The van der Waals surface area contributed by atoms with Gasteiger partial charge in [-0.05, 0) is 34.6 Å². The van der Waals surface area contributed by atoms with E-state index < -0.39 is 38.6 Å². The third kappa shape index (κ3) is 12.5. The van der Waals surface area contributed by atoms with E-state index in [0.717, 1.165) is 0 Å². The van der Waals surface area contributed by atoms with E-state index >= 15 is 0 Å². The lowest BCUT2D eigenvalue weighted by Gasteiger charge is -2.37.